The fraction of sp³-hybridized carbons (Fsp3) is 0.417. The van der Waals surface area contributed by atoms with Crippen molar-refractivity contribution in [3.05, 3.63) is 29.3 Å². The van der Waals surface area contributed by atoms with E-state index < -0.39 is 18.1 Å². The summed E-state index contributed by atoms with van der Waals surface area (Å²) < 4.78 is 5.05. The monoisotopic (exact) mass is 255 g/mol. The van der Waals surface area contributed by atoms with Crippen molar-refractivity contribution in [2.45, 2.75) is 25.2 Å². The third-order valence-corrected chi connectivity index (χ3v) is 2.57. The third-order valence-electron chi connectivity index (χ3n) is 2.57. The van der Waals surface area contributed by atoms with E-state index in [1.165, 1.54) is 13.2 Å². The number of hydrogen-bond donors (Lipinski definition) is 4. The molecule has 0 radical (unpaired) electrons. The van der Waals surface area contributed by atoms with Crippen molar-refractivity contribution in [3.63, 3.8) is 0 Å². The van der Waals surface area contributed by atoms with Crippen LogP contribution in [0, 0.1) is 0 Å². The Morgan fingerprint density at radius 2 is 2.11 bits per heavy atom. The number of carbonyl (C=O) groups excluding carboxylic acids is 1. The predicted octanol–water partition coefficient (Wildman–Crippen LogP) is -0.543. The van der Waals surface area contributed by atoms with E-state index in [9.17, 15) is 15.0 Å². The van der Waals surface area contributed by atoms with Crippen LogP contribution in [-0.4, -0.2) is 34.4 Å². The lowest BCUT2D eigenvalue weighted by Gasteiger charge is -2.20. The minimum Gasteiger partial charge on any atom is -0.496 e. The lowest BCUT2D eigenvalue weighted by atomic mass is 9.99. The summed E-state index contributed by atoms with van der Waals surface area (Å²) in [5, 5.41) is 28.6. The second-order valence-electron chi connectivity index (χ2n) is 3.92. The van der Waals surface area contributed by atoms with Gasteiger partial charge in [-0.1, -0.05) is 6.07 Å². The molecule has 5 N–H and O–H groups in total. The molecule has 1 amide bonds. The van der Waals surface area contributed by atoms with Gasteiger partial charge in [0.25, 0.3) is 0 Å². The number of methoxy groups -OCH3 is 1. The molecule has 0 aromatic heterocycles. The van der Waals surface area contributed by atoms with Crippen LogP contribution in [0.5, 0.6) is 5.75 Å². The van der Waals surface area contributed by atoms with Gasteiger partial charge in [0.2, 0.25) is 5.91 Å². The van der Waals surface area contributed by atoms with E-state index >= 15 is 0 Å². The highest BCUT2D eigenvalue weighted by Crippen LogP contribution is 2.29. The highest BCUT2D eigenvalue weighted by atomic mass is 16.5. The molecule has 6 nitrogen and oxygen atoms in total. The van der Waals surface area contributed by atoms with Crippen molar-refractivity contribution < 1.29 is 24.9 Å². The Morgan fingerprint density at radius 1 is 1.44 bits per heavy atom. The number of aliphatic hydroxyl groups is 3. The van der Waals surface area contributed by atoms with Gasteiger partial charge in [0.1, 0.15) is 11.9 Å². The highest BCUT2D eigenvalue weighted by molar-refractivity contribution is 5.74. The molecule has 0 bridgehead atoms. The zero-order valence-corrected chi connectivity index (χ0v) is 10.0. The number of ether oxygens (including phenoxy) is 1. The van der Waals surface area contributed by atoms with Crippen LogP contribution in [0.2, 0.25) is 0 Å². The molecular weight excluding hydrogens is 238 g/mol. The molecule has 100 valence electrons. The van der Waals surface area contributed by atoms with Gasteiger partial charge in [0, 0.05) is 5.56 Å². The van der Waals surface area contributed by atoms with E-state index in [4.69, 9.17) is 15.6 Å². The maximum atomic E-state index is 10.7. The SMILES string of the molecule is COc1ccc(CO)cc1C(O)C(O)CC(N)=O. The Morgan fingerprint density at radius 3 is 2.61 bits per heavy atom. The van der Waals surface area contributed by atoms with Gasteiger partial charge < -0.3 is 25.8 Å². The number of primary amides is 1. The van der Waals surface area contributed by atoms with Gasteiger partial charge in [-0.05, 0) is 17.7 Å². The maximum absolute atomic E-state index is 10.7. The summed E-state index contributed by atoms with van der Waals surface area (Å²) in [6.07, 6.45) is -2.97. The quantitative estimate of drug-likeness (QED) is 0.545. The van der Waals surface area contributed by atoms with Gasteiger partial charge in [0.05, 0.1) is 26.2 Å². The van der Waals surface area contributed by atoms with Crippen LogP contribution in [0.1, 0.15) is 23.7 Å². The summed E-state index contributed by atoms with van der Waals surface area (Å²) in [7, 11) is 1.42. The highest BCUT2D eigenvalue weighted by Gasteiger charge is 2.23. The minimum absolute atomic E-state index is 0.199. The molecule has 0 fully saturated rings. The van der Waals surface area contributed by atoms with E-state index in [1.807, 2.05) is 0 Å². The summed E-state index contributed by atoms with van der Waals surface area (Å²) >= 11 is 0. The first-order valence-corrected chi connectivity index (χ1v) is 5.41. The van der Waals surface area contributed by atoms with E-state index in [0.717, 1.165) is 0 Å². The Bertz CT molecular complexity index is 421. The fourth-order valence-corrected chi connectivity index (χ4v) is 1.64. The fourth-order valence-electron chi connectivity index (χ4n) is 1.64. The first kappa shape index (κ1) is 14.4. The van der Waals surface area contributed by atoms with Crippen molar-refractivity contribution in [1.29, 1.82) is 0 Å². The van der Waals surface area contributed by atoms with Gasteiger partial charge in [0.15, 0.2) is 0 Å². The Balaban J connectivity index is 3.01. The van der Waals surface area contributed by atoms with E-state index in [-0.39, 0.29) is 13.0 Å². The molecular formula is C12H17NO5. The number of hydrogen-bond acceptors (Lipinski definition) is 5. The average molecular weight is 255 g/mol. The van der Waals surface area contributed by atoms with Gasteiger partial charge in [-0.25, -0.2) is 0 Å². The average Bonchev–Trinajstić information content (AvgIpc) is 2.36. The lowest BCUT2D eigenvalue weighted by Crippen LogP contribution is -2.26. The van der Waals surface area contributed by atoms with Crippen LogP contribution in [0.3, 0.4) is 0 Å². The third kappa shape index (κ3) is 3.43. The molecule has 2 atom stereocenters. The smallest absolute Gasteiger partial charge is 0.220 e. The molecule has 18 heavy (non-hydrogen) atoms. The lowest BCUT2D eigenvalue weighted by molar-refractivity contribution is -0.121. The summed E-state index contributed by atoms with van der Waals surface area (Å²) in [6.45, 7) is -0.199. The molecule has 0 saturated carbocycles. The standard InChI is InChI=1S/C12H17NO5/c1-18-10-3-2-7(6-14)4-8(10)12(17)9(15)5-11(13)16/h2-4,9,12,14-15,17H,5-6H2,1H3,(H2,13,16). The number of benzene rings is 1. The molecule has 0 saturated heterocycles. The maximum Gasteiger partial charge on any atom is 0.220 e. The Kier molecular flexibility index (Phi) is 5.08. The largest absolute Gasteiger partial charge is 0.496 e. The first-order valence-electron chi connectivity index (χ1n) is 5.41. The molecule has 0 aliphatic carbocycles. The van der Waals surface area contributed by atoms with Crippen molar-refractivity contribution >= 4 is 5.91 Å². The number of nitrogens with two attached hydrogens (primary N) is 1. The van der Waals surface area contributed by atoms with Gasteiger partial charge in [-0.3, -0.25) is 4.79 Å². The van der Waals surface area contributed by atoms with Gasteiger partial charge >= 0.3 is 0 Å². The molecule has 2 unspecified atom stereocenters. The van der Waals surface area contributed by atoms with Gasteiger partial charge in [-0.15, -0.1) is 0 Å². The van der Waals surface area contributed by atoms with Crippen molar-refractivity contribution in [2.24, 2.45) is 5.73 Å². The summed E-state index contributed by atoms with van der Waals surface area (Å²) in [4.78, 5) is 10.7. The number of carbonyl (C=O) groups is 1. The number of rotatable bonds is 6. The van der Waals surface area contributed by atoms with Crippen LogP contribution in [0.15, 0.2) is 18.2 Å². The van der Waals surface area contributed by atoms with Gasteiger partial charge in [-0.2, -0.15) is 0 Å². The molecule has 0 aliphatic rings. The first-order chi connectivity index (χ1) is 8.49. The topological polar surface area (TPSA) is 113 Å². The van der Waals surface area contributed by atoms with E-state index in [2.05, 4.69) is 0 Å². The second kappa shape index (κ2) is 6.34. The second-order valence-corrected chi connectivity index (χ2v) is 3.92. The number of amides is 1. The predicted molar refractivity (Wildman–Crippen MR) is 63.7 cm³/mol. The zero-order chi connectivity index (χ0) is 13.7. The summed E-state index contributed by atoms with van der Waals surface area (Å²) in [6, 6.07) is 4.71. The van der Waals surface area contributed by atoms with Crippen LogP contribution in [0.4, 0.5) is 0 Å². The van der Waals surface area contributed by atoms with Crippen molar-refractivity contribution in [2.75, 3.05) is 7.11 Å². The molecule has 1 aromatic rings. The molecule has 6 heteroatoms. The molecule has 1 rings (SSSR count). The van der Waals surface area contributed by atoms with Crippen molar-refractivity contribution in [3.8, 4) is 5.75 Å². The summed E-state index contributed by atoms with van der Waals surface area (Å²) in [5.41, 5.74) is 5.82. The minimum atomic E-state index is -1.31. The van der Waals surface area contributed by atoms with E-state index in [1.54, 1.807) is 12.1 Å². The van der Waals surface area contributed by atoms with Crippen molar-refractivity contribution in [1.82, 2.24) is 0 Å². The van der Waals surface area contributed by atoms with Crippen LogP contribution < -0.4 is 10.5 Å². The normalized spacial score (nSPS) is 14.0. The Labute approximate surface area is 105 Å². The molecule has 0 spiro atoms. The van der Waals surface area contributed by atoms with Crippen LogP contribution in [-0.2, 0) is 11.4 Å². The number of aliphatic hydroxyl groups excluding tert-OH is 3. The van der Waals surface area contributed by atoms with Crippen LogP contribution in [0.25, 0.3) is 0 Å². The summed E-state index contributed by atoms with van der Waals surface area (Å²) in [5.74, 6) is -0.345. The zero-order valence-electron chi connectivity index (χ0n) is 10.0. The Hall–Kier alpha value is -1.63. The van der Waals surface area contributed by atoms with Crippen LogP contribution >= 0.6 is 0 Å². The molecule has 0 aliphatic heterocycles. The molecule has 0 heterocycles. The molecule has 1 aromatic carbocycles. The van der Waals surface area contributed by atoms with E-state index in [0.29, 0.717) is 16.9 Å².